The van der Waals surface area contributed by atoms with Gasteiger partial charge in [-0.15, -0.1) is 0 Å². The highest BCUT2D eigenvalue weighted by atomic mass is 32.2. The smallest absolute Gasteiger partial charge is 0.223 e. The molecular weight excluding hydrogens is 264 g/mol. The molecule has 110 valence electrons. The molecule has 0 aliphatic carbocycles. The van der Waals surface area contributed by atoms with Crippen LogP contribution in [0.2, 0.25) is 0 Å². The first-order chi connectivity index (χ1) is 8.97. The summed E-state index contributed by atoms with van der Waals surface area (Å²) in [7, 11) is -3.09. The Bertz CT molecular complexity index is 422. The third-order valence-corrected chi connectivity index (χ3v) is 5.49. The minimum absolute atomic E-state index is 0.0759. The number of hydrogen-bond donors (Lipinski definition) is 1. The molecule has 0 radical (unpaired) electrons. The molecule has 1 N–H and O–H groups in total. The first-order valence-electron chi connectivity index (χ1n) is 7.19. The van der Waals surface area contributed by atoms with Crippen LogP contribution >= 0.6 is 0 Å². The van der Waals surface area contributed by atoms with Crippen LogP contribution in [0.15, 0.2) is 0 Å². The van der Waals surface area contributed by atoms with Gasteiger partial charge >= 0.3 is 0 Å². The SMILES string of the molecule is CS(=O)(=O)N1CCCC(CC2CCCCNC2=O)C1. The molecule has 2 rings (SSSR count). The number of amides is 1. The summed E-state index contributed by atoms with van der Waals surface area (Å²) in [5.41, 5.74) is 0. The van der Waals surface area contributed by atoms with Crippen molar-refractivity contribution in [2.75, 3.05) is 25.9 Å². The predicted molar refractivity (Wildman–Crippen MR) is 74.1 cm³/mol. The van der Waals surface area contributed by atoms with E-state index in [0.717, 1.165) is 45.1 Å². The van der Waals surface area contributed by atoms with Crippen LogP contribution in [0.5, 0.6) is 0 Å². The number of rotatable bonds is 3. The Hall–Kier alpha value is -0.620. The van der Waals surface area contributed by atoms with Gasteiger partial charge in [-0.1, -0.05) is 6.42 Å². The molecule has 0 spiro atoms. The molecule has 19 heavy (non-hydrogen) atoms. The van der Waals surface area contributed by atoms with E-state index in [1.807, 2.05) is 0 Å². The maximum absolute atomic E-state index is 11.9. The maximum Gasteiger partial charge on any atom is 0.223 e. The number of carbonyl (C=O) groups excluding carboxylic acids is 1. The van der Waals surface area contributed by atoms with Gasteiger partial charge in [0.2, 0.25) is 15.9 Å². The van der Waals surface area contributed by atoms with Crippen LogP contribution in [-0.4, -0.2) is 44.5 Å². The summed E-state index contributed by atoms with van der Waals surface area (Å²) in [6, 6.07) is 0. The summed E-state index contributed by atoms with van der Waals surface area (Å²) in [6.07, 6.45) is 7.14. The molecule has 0 aromatic heterocycles. The zero-order chi connectivity index (χ0) is 13.9. The van der Waals surface area contributed by atoms with Crippen LogP contribution in [0.4, 0.5) is 0 Å². The largest absolute Gasteiger partial charge is 0.356 e. The normalized spacial score (nSPS) is 30.7. The maximum atomic E-state index is 11.9. The van der Waals surface area contributed by atoms with E-state index >= 15 is 0 Å². The molecule has 1 amide bonds. The van der Waals surface area contributed by atoms with Crippen LogP contribution in [-0.2, 0) is 14.8 Å². The van der Waals surface area contributed by atoms with Crippen molar-refractivity contribution in [1.82, 2.24) is 9.62 Å². The van der Waals surface area contributed by atoms with Gasteiger partial charge in [-0.3, -0.25) is 4.79 Å². The molecule has 2 aliphatic rings. The lowest BCUT2D eigenvalue weighted by atomic mass is 9.86. The third kappa shape index (κ3) is 4.18. The summed E-state index contributed by atoms with van der Waals surface area (Å²) >= 11 is 0. The average Bonchev–Trinajstić information content (AvgIpc) is 2.54. The molecule has 0 aromatic rings. The quantitative estimate of drug-likeness (QED) is 0.841. The Morgan fingerprint density at radius 3 is 2.79 bits per heavy atom. The molecule has 0 bridgehead atoms. The van der Waals surface area contributed by atoms with Crippen molar-refractivity contribution in [2.24, 2.45) is 11.8 Å². The van der Waals surface area contributed by atoms with Crippen LogP contribution in [0.3, 0.4) is 0 Å². The molecule has 0 saturated carbocycles. The zero-order valence-corrected chi connectivity index (χ0v) is 12.4. The van der Waals surface area contributed by atoms with E-state index in [1.165, 1.54) is 6.26 Å². The average molecular weight is 288 g/mol. The van der Waals surface area contributed by atoms with E-state index in [1.54, 1.807) is 4.31 Å². The Morgan fingerprint density at radius 1 is 1.26 bits per heavy atom. The Kier molecular flexibility index (Phi) is 4.84. The second-order valence-corrected chi connectivity index (χ2v) is 7.83. The van der Waals surface area contributed by atoms with Crippen molar-refractivity contribution in [3.05, 3.63) is 0 Å². The lowest BCUT2D eigenvalue weighted by molar-refractivity contribution is -0.125. The number of nitrogens with one attached hydrogen (secondary N) is 1. The summed E-state index contributed by atoms with van der Waals surface area (Å²) in [5, 5.41) is 2.95. The summed E-state index contributed by atoms with van der Waals surface area (Å²) in [6.45, 7) is 2.00. The fourth-order valence-electron chi connectivity index (χ4n) is 3.15. The highest BCUT2D eigenvalue weighted by Gasteiger charge is 2.30. The van der Waals surface area contributed by atoms with Gasteiger partial charge in [-0.25, -0.2) is 12.7 Å². The molecule has 6 heteroatoms. The van der Waals surface area contributed by atoms with Crippen LogP contribution in [0.1, 0.15) is 38.5 Å². The van der Waals surface area contributed by atoms with E-state index < -0.39 is 10.0 Å². The molecule has 2 unspecified atom stereocenters. The highest BCUT2D eigenvalue weighted by molar-refractivity contribution is 7.88. The third-order valence-electron chi connectivity index (χ3n) is 4.22. The lowest BCUT2D eigenvalue weighted by Crippen LogP contribution is -2.40. The predicted octanol–water partition coefficient (Wildman–Crippen LogP) is 0.964. The molecule has 5 nitrogen and oxygen atoms in total. The number of nitrogens with zero attached hydrogens (tertiary/aromatic N) is 1. The van der Waals surface area contributed by atoms with Gasteiger partial charge in [-0.05, 0) is 38.0 Å². The van der Waals surface area contributed by atoms with E-state index in [-0.39, 0.29) is 11.8 Å². The summed E-state index contributed by atoms with van der Waals surface area (Å²) in [4.78, 5) is 11.9. The van der Waals surface area contributed by atoms with Crippen molar-refractivity contribution in [3.8, 4) is 0 Å². The van der Waals surface area contributed by atoms with Gasteiger partial charge in [0.1, 0.15) is 0 Å². The van der Waals surface area contributed by atoms with Crippen molar-refractivity contribution >= 4 is 15.9 Å². The van der Waals surface area contributed by atoms with E-state index in [4.69, 9.17) is 0 Å². The van der Waals surface area contributed by atoms with Crippen molar-refractivity contribution in [3.63, 3.8) is 0 Å². The topological polar surface area (TPSA) is 66.5 Å². The zero-order valence-electron chi connectivity index (χ0n) is 11.6. The second kappa shape index (κ2) is 6.22. The van der Waals surface area contributed by atoms with Crippen molar-refractivity contribution < 1.29 is 13.2 Å². The highest BCUT2D eigenvalue weighted by Crippen LogP contribution is 2.28. The second-order valence-electron chi connectivity index (χ2n) is 5.85. The molecule has 2 heterocycles. The monoisotopic (exact) mass is 288 g/mol. The van der Waals surface area contributed by atoms with Crippen LogP contribution in [0, 0.1) is 11.8 Å². The molecular formula is C13H24N2O3S. The number of sulfonamides is 1. The standard InChI is InChI=1S/C13H24N2O3S/c1-19(17,18)15-8-4-5-11(10-15)9-12-6-2-3-7-14-13(12)16/h11-12H,2-10H2,1H3,(H,14,16). The summed E-state index contributed by atoms with van der Waals surface area (Å²) < 4.78 is 24.7. The molecule has 2 atom stereocenters. The van der Waals surface area contributed by atoms with Gasteiger partial charge in [-0.2, -0.15) is 0 Å². The van der Waals surface area contributed by atoms with Gasteiger partial charge in [0.25, 0.3) is 0 Å². The van der Waals surface area contributed by atoms with Gasteiger partial charge in [0.15, 0.2) is 0 Å². The lowest BCUT2D eigenvalue weighted by Gasteiger charge is -2.32. The number of piperidine rings is 1. The van der Waals surface area contributed by atoms with Gasteiger partial charge in [0, 0.05) is 25.6 Å². The van der Waals surface area contributed by atoms with Crippen LogP contribution in [0.25, 0.3) is 0 Å². The van der Waals surface area contributed by atoms with E-state index in [2.05, 4.69) is 5.32 Å². The van der Waals surface area contributed by atoms with E-state index in [9.17, 15) is 13.2 Å². The summed E-state index contributed by atoms with van der Waals surface area (Å²) in [5.74, 6) is 0.568. The molecule has 2 aliphatic heterocycles. The minimum Gasteiger partial charge on any atom is -0.356 e. The Labute approximate surface area is 115 Å². The van der Waals surface area contributed by atoms with Gasteiger partial charge in [0.05, 0.1) is 6.26 Å². The van der Waals surface area contributed by atoms with Crippen molar-refractivity contribution in [2.45, 2.75) is 38.5 Å². The Morgan fingerprint density at radius 2 is 2.05 bits per heavy atom. The molecule has 2 fully saturated rings. The Balaban J connectivity index is 1.93. The fourth-order valence-corrected chi connectivity index (χ4v) is 4.09. The molecule has 2 saturated heterocycles. The van der Waals surface area contributed by atoms with Crippen molar-refractivity contribution in [1.29, 1.82) is 0 Å². The van der Waals surface area contributed by atoms with E-state index in [0.29, 0.717) is 19.0 Å². The number of hydrogen-bond acceptors (Lipinski definition) is 3. The van der Waals surface area contributed by atoms with Gasteiger partial charge < -0.3 is 5.32 Å². The first-order valence-corrected chi connectivity index (χ1v) is 9.04. The fraction of sp³-hybridized carbons (Fsp3) is 0.923. The van der Waals surface area contributed by atoms with Crippen LogP contribution < -0.4 is 5.32 Å². The minimum atomic E-state index is -3.09. The molecule has 0 aromatic carbocycles. The first kappa shape index (κ1) is 14.8. The number of carbonyl (C=O) groups is 1.